The van der Waals surface area contributed by atoms with Gasteiger partial charge in [-0.15, -0.1) is 0 Å². The first-order valence-corrected chi connectivity index (χ1v) is 9.24. The average Bonchev–Trinajstić information content (AvgIpc) is 2.61. The normalized spacial score (nSPS) is 12.0. The number of carbonyl (C=O) groups excluding carboxylic acids is 1. The molecule has 4 nitrogen and oxygen atoms in total. The van der Waals surface area contributed by atoms with E-state index in [9.17, 15) is 4.79 Å². The lowest BCUT2D eigenvalue weighted by Gasteiger charge is -2.24. The number of benzene rings is 2. The highest BCUT2D eigenvalue weighted by Gasteiger charge is 2.17. The summed E-state index contributed by atoms with van der Waals surface area (Å²) in [5, 5.41) is 3.58. The maximum Gasteiger partial charge on any atom is 0.237 e. The van der Waals surface area contributed by atoms with Crippen molar-refractivity contribution in [2.45, 2.75) is 19.5 Å². The number of carbonyl (C=O) groups is 1. The highest BCUT2D eigenvalue weighted by molar-refractivity contribution is 9.10. The molecule has 0 radical (unpaired) electrons. The largest absolute Gasteiger partial charge is 0.492 e. The number of hydrogen-bond acceptors (Lipinski definition) is 3. The Hall–Kier alpha value is -1.56. The van der Waals surface area contributed by atoms with E-state index in [0.717, 1.165) is 15.8 Å². The quantitative estimate of drug-likeness (QED) is 0.692. The van der Waals surface area contributed by atoms with Crippen LogP contribution < -0.4 is 10.1 Å². The molecule has 0 aromatic heterocycles. The predicted molar refractivity (Wildman–Crippen MR) is 105 cm³/mol. The van der Waals surface area contributed by atoms with Crippen molar-refractivity contribution in [2.24, 2.45) is 0 Å². The molecule has 134 valence electrons. The maximum atomic E-state index is 12.3. The Labute approximate surface area is 162 Å². The zero-order valence-electron chi connectivity index (χ0n) is 14.3. The third kappa shape index (κ3) is 6.34. The SMILES string of the molecule is CC(C(=O)NCc1ccccc1Cl)N(C)CCOc1ccc(Br)cc1. The molecule has 6 heteroatoms. The summed E-state index contributed by atoms with van der Waals surface area (Å²) >= 11 is 9.50. The number of amides is 1. The highest BCUT2D eigenvalue weighted by atomic mass is 79.9. The van der Waals surface area contributed by atoms with Gasteiger partial charge in [-0.1, -0.05) is 45.7 Å². The van der Waals surface area contributed by atoms with E-state index in [1.807, 2.05) is 67.4 Å². The molecule has 2 aromatic carbocycles. The second-order valence-corrected chi connectivity index (χ2v) is 7.09. The van der Waals surface area contributed by atoms with E-state index in [1.54, 1.807) is 0 Å². The number of rotatable bonds is 8. The van der Waals surface area contributed by atoms with E-state index in [-0.39, 0.29) is 11.9 Å². The standard InChI is InChI=1S/C19H22BrClN2O2/c1-14(19(24)22-13-15-5-3-4-6-18(15)21)23(2)11-12-25-17-9-7-16(20)8-10-17/h3-10,14H,11-13H2,1-2H3,(H,22,24). The van der Waals surface area contributed by atoms with E-state index in [2.05, 4.69) is 21.2 Å². The van der Waals surface area contributed by atoms with Crippen molar-refractivity contribution >= 4 is 33.4 Å². The fraction of sp³-hybridized carbons (Fsp3) is 0.316. The molecule has 0 saturated carbocycles. The van der Waals surface area contributed by atoms with E-state index >= 15 is 0 Å². The number of likely N-dealkylation sites (N-methyl/N-ethyl adjacent to an activating group) is 1. The second-order valence-electron chi connectivity index (χ2n) is 5.77. The molecule has 2 rings (SSSR count). The molecule has 1 atom stereocenters. The summed E-state index contributed by atoms with van der Waals surface area (Å²) in [5.74, 6) is 0.776. The van der Waals surface area contributed by atoms with Crippen LogP contribution in [-0.2, 0) is 11.3 Å². The van der Waals surface area contributed by atoms with E-state index in [0.29, 0.717) is 24.7 Å². The van der Waals surface area contributed by atoms with Crippen LogP contribution in [0.15, 0.2) is 53.0 Å². The first-order chi connectivity index (χ1) is 12.0. The van der Waals surface area contributed by atoms with Gasteiger partial charge in [-0.05, 0) is 49.9 Å². The minimum atomic E-state index is -0.254. The van der Waals surface area contributed by atoms with Crippen LogP contribution >= 0.6 is 27.5 Å². The van der Waals surface area contributed by atoms with Crippen LogP contribution in [0.5, 0.6) is 5.75 Å². The van der Waals surface area contributed by atoms with Crippen LogP contribution in [0.2, 0.25) is 5.02 Å². The van der Waals surface area contributed by atoms with Gasteiger partial charge in [0.05, 0.1) is 6.04 Å². The van der Waals surface area contributed by atoms with Gasteiger partial charge < -0.3 is 10.1 Å². The topological polar surface area (TPSA) is 41.6 Å². The fourth-order valence-corrected chi connectivity index (χ4v) is 2.67. The Bertz CT molecular complexity index is 694. The monoisotopic (exact) mass is 424 g/mol. The maximum absolute atomic E-state index is 12.3. The molecule has 0 aliphatic rings. The van der Waals surface area contributed by atoms with Crippen LogP contribution in [0.1, 0.15) is 12.5 Å². The van der Waals surface area contributed by atoms with Crippen molar-refractivity contribution in [1.29, 1.82) is 0 Å². The minimum Gasteiger partial charge on any atom is -0.492 e. The number of nitrogens with zero attached hydrogens (tertiary/aromatic N) is 1. The fourth-order valence-electron chi connectivity index (χ4n) is 2.20. The van der Waals surface area contributed by atoms with Gasteiger partial charge in [0.1, 0.15) is 12.4 Å². The van der Waals surface area contributed by atoms with Gasteiger partial charge in [-0.2, -0.15) is 0 Å². The lowest BCUT2D eigenvalue weighted by Crippen LogP contribution is -2.44. The molecule has 1 unspecified atom stereocenters. The molecule has 0 bridgehead atoms. The summed E-state index contributed by atoms with van der Waals surface area (Å²) in [6.45, 7) is 3.46. The molecule has 1 N–H and O–H groups in total. The third-order valence-electron chi connectivity index (χ3n) is 3.98. The van der Waals surface area contributed by atoms with Crippen LogP contribution in [0.4, 0.5) is 0 Å². The van der Waals surface area contributed by atoms with E-state index in [4.69, 9.17) is 16.3 Å². The molecule has 2 aromatic rings. The van der Waals surface area contributed by atoms with Crippen molar-refractivity contribution < 1.29 is 9.53 Å². The Morgan fingerprint density at radius 3 is 2.60 bits per heavy atom. The summed E-state index contributed by atoms with van der Waals surface area (Å²) in [5.41, 5.74) is 0.908. The predicted octanol–water partition coefficient (Wildman–Crippen LogP) is 4.12. The Morgan fingerprint density at radius 2 is 1.92 bits per heavy atom. The van der Waals surface area contributed by atoms with E-state index in [1.165, 1.54) is 0 Å². The average molecular weight is 426 g/mol. The second kappa shape index (κ2) is 9.80. The number of ether oxygens (including phenoxy) is 1. The first-order valence-electron chi connectivity index (χ1n) is 8.07. The van der Waals surface area contributed by atoms with Crippen LogP contribution in [-0.4, -0.2) is 37.0 Å². The van der Waals surface area contributed by atoms with Gasteiger partial charge in [0.25, 0.3) is 0 Å². The van der Waals surface area contributed by atoms with Crippen LogP contribution in [0.3, 0.4) is 0 Å². The Morgan fingerprint density at radius 1 is 1.24 bits per heavy atom. The van der Waals surface area contributed by atoms with Gasteiger partial charge in [-0.3, -0.25) is 9.69 Å². The summed E-state index contributed by atoms with van der Waals surface area (Å²) in [4.78, 5) is 14.3. The van der Waals surface area contributed by atoms with Crippen molar-refractivity contribution in [1.82, 2.24) is 10.2 Å². The van der Waals surface area contributed by atoms with E-state index < -0.39 is 0 Å². The molecule has 0 aliphatic carbocycles. The van der Waals surface area contributed by atoms with Gasteiger partial charge in [0.15, 0.2) is 0 Å². The van der Waals surface area contributed by atoms with Crippen molar-refractivity contribution in [2.75, 3.05) is 20.2 Å². The van der Waals surface area contributed by atoms with Gasteiger partial charge >= 0.3 is 0 Å². The lowest BCUT2D eigenvalue weighted by molar-refractivity contribution is -0.125. The van der Waals surface area contributed by atoms with Crippen molar-refractivity contribution in [3.05, 3.63) is 63.6 Å². The third-order valence-corrected chi connectivity index (χ3v) is 4.88. The molecule has 0 aliphatic heterocycles. The van der Waals surface area contributed by atoms with Gasteiger partial charge in [0, 0.05) is 22.6 Å². The zero-order valence-corrected chi connectivity index (χ0v) is 16.7. The van der Waals surface area contributed by atoms with Crippen molar-refractivity contribution in [3.63, 3.8) is 0 Å². The summed E-state index contributed by atoms with van der Waals surface area (Å²) in [7, 11) is 1.91. The molecule has 0 heterocycles. The molecular weight excluding hydrogens is 404 g/mol. The molecule has 0 saturated heterocycles. The summed E-state index contributed by atoms with van der Waals surface area (Å²) in [6, 6.07) is 14.9. The van der Waals surface area contributed by atoms with Crippen LogP contribution in [0.25, 0.3) is 0 Å². The lowest BCUT2D eigenvalue weighted by atomic mass is 10.2. The zero-order chi connectivity index (χ0) is 18.2. The molecule has 1 amide bonds. The molecule has 0 fully saturated rings. The van der Waals surface area contributed by atoms with Gasteiger partial charge in [0.2, 0.25) is 5.91 Å². The van der Waals surface area contributed by atoms with Gasteiger partial charge in [-0.25, -0.2) is 0 Å². The summed E-state index contributed by atoms with van der Waals surface area (Å²) in [6.07, 6.45) is 0. The number of nitrogens with one attached hydrogen (secondary N) is 1. The first kappa shape index (κ1) is 19.8. The Balaban J connectivity index is 1.74. The summed E-state index contributed by atoms with van der Waals surface area (Å²) < 4.78 is 6.71. The van der Waals surface area contributed by atoms with Crippen LogP contribution in [0, 0.1) is 0 Å². The molecular formula is C19H22BrClN2O2. The highest BCUT2D eigenvalue weighted by Crippen LogP contribution is 2.16. The minimum absolute atomic E-state index is 0.0361. The Kier molecular flexibility index (Phi) is 7.75. The van der Waals surface area contributed by atoms with Crippen molar-refractivity contribution in [3.8, 4) is 5.75 Å². The number of halogens is 2. The molecule has 0 spiro atoms. The smallest absolute Gasteiger partial charge is 0.237 e. The molecule has 25 heavy (non-hydrogen) atoms. The number of hydrogen-bond donors (Lipinski definition) is 1.